The lowest BCUT2D eigenvalue weighted by atomic mass is 9.70. The zero-order chi connectivity index (χ0) is 10.8. The van der Waals surface area contributed by atoms with Gasteiger partial charge in [0.25, 0.3) is 0 Å². The summed E-state index contributed by atoms with van der Waals surface area (Å²) in [7, 11) is 0. The molecule has 2 aliphatic rings. The highest BCUT2D eigenvalue weighted by molar-refractivity contribution is 4.86. The van der Waals surface area contributed by atoms with E-state index in [9.17, 15) is 8.78 Å². The molecule has 0 aliphatic heterocycles. The lowest BCUT2D eigenvalue weighted by Crippen LogP contribution is -2.33. The van der Waals surface area contributed by atoms with Gasteiger partial charge in [-0.25, -0.2) is 8.78 Å². The van der Waals surface area contributed by atoms with Crippen molar-refractivity contribution in [3.05, 3.63) is 0 Å². The van der Waals surface area contributed by atoms with Crippen molar-refractivity contribution in [3.8, 4) is 0 Å². The molecule has 0 amide bonds. The third-order valence-corrected chi connectivity index (χ3v) is 4.39. The summed E-state index contributed by atoms with van der Waals surface area (Å²) in [5, 5.41) is 0. The van der Waals surface area contributed by atoms with Crippen molar-refractivity contribution in [1.29, 1.82) is 0 Å². The summed E-state index contributed by atoms with van der Waals surface area (Å²) in [6.45, 7) is 2.14. The Bertz CT molecular complexity index is 197. The second kappa shape index (κ2) is 4.80. The Balaban J connectivity index is 1.87. The Morgan fingerprint density at radius 3 is 2.13 bits per heavy atom. The summed E-state index contributed by atoms with van der Waals surface area (Å²) in [6, 6.07) is 0. The number of hydrogen-bond donors (Lipinski definition) is 0. The average molecular weight is 216 g/mol. The second-order valence-electron chi connectivity index (χ2n) is 5.61. The van der Waals surface area contributed by atoms with E-state index < -0.39 is 12.3 Å². The zero-order valence-electron chi connectivity index (χ0n) is 9.59. The van der Waals surface area contributed by atoms with Crippen molar-refractivity contribution in [1.82, 2.24) is 0 Å². The van der Waals surface area contributed by atoms with Gasteiger partial charge in [-0.1, -0.05) is 13.3 Å². The van der Waals surface area contributed by atoms with E-state index in [1.165, 1.54) is 6.42 Å². The largest absolute Gasteiger partial charge is 0.247 e. The molecular weight excluding hydrogens is 194 g/mol. The highest BCUT2D eigenvalue weighted by Crippen LogP contribution is 2.41. The molecule has 0 aromatic carbocycles. The first-order valence-electron chi connectivity index (χ1n) is 6.45. The fourth-order valence-electron chi connectivity index (χ4n) is 3.37. The van der Waals surface area contributed by atoms with Crippen LogP contribution in [0.25, 0.3) is 0 Å². The summed E-state index contributed by atoms with van der Waals surface area (Å²) in [6.07, 6.45) is 4.88. The molecule has 2 aliphatic carbocycles. The molecule has 2 fully saturated rings. The predicted octanol–water partition coefficient (Wildman–Crippen LogP) is 4.29. The minimum absolute atomic E-state index is 0.244. The molecule has 2 rings (SSSR count). The van der Waals surface area contributed by atoms with Gasteiger partial charge in [0.05, 0.1) is 0 Å². The lowest BCUT2D eigenvalue weighted by molar-refractivity contribution is 0.0575. The van der Waals surface area contributed by atoms with Crippen molar-refractivity contribution < 1.29 is 8.78 Å². The quantitative estimate of drug-likeness (QED) is 0.613. The molecular formula is C13H22F2. The van der Waals surface area contributed by atoms with Gasteiger partial charge >= 0.3 is 0 Å². The van der Waals surface area contributed by atoms with Crippen molar-refractivity contribution in [2.45, 2.75) is 64.2 Å². The van der Waals surface area contributed by atoms with Crippen LogP contribution in [-0.4, -0.2) is 12.3 Å². The zero-order valence-corrected chi connectivity index (χ0v) is 9.59. The first kappa shape index (κ1) is 11.3. The maximum atomic E-state index is 13.9. The molecule has 0 aromatic rings. The molecule has 0 spiro atoms. The Kier molecular flexibility index (Phi) is 3.63. The van der Waals surface area contributed by atoms with Crippen molar-refractivity contribution in [2.24, 2.45) is 17.8 Å². The smallest absolute Gasteiger partial charge is 0.103 e. The van der Waals surface area contributed by atoms with Crippen LogP contribution in [0.4, 0.5) is 8.78 Å². The molecule has 0 nitrogen and oxygen atoms in total. The van der Waals surface area contributed by atoms with E-state index in [0.717, 1.165) is 25.7 Å². The van der Waals surface area contributed by atoms with Crippen molar-refractivity contribution in [2.75, 3.05) is 0 Å². The van der Waals surface area contributed by atoms with E-state index in [0.29, 0.717) is 24.7 Å². The topological polar surface area (TPSA) is 0 Å². The Morgan fingerprint density at radius 2 is 1.53 bits per heavy atom. The number of alkyl halides is 2. The van der Waals surface area contributed by atoms with Crippen LogP contribution in [0.15, 0.2) is 0 Å². The van der Waals surface area contributed by atoms with E-state index in [4.69, 9.17) is 0 Å². The Hall–Kier alpha value is -0.140. The average Bonchev–Trinajstić information content (AvgIpc) is 2.20. The summed E-state index contributed by atoms with van der Waals surface area (Å²) in [4.78, 5) is 0. The minimum atomic E-state index is -0.616. The van der Waals surface area contributed by atoms with Crippen LogP contribution in [0.3, 0.4) is 0 Å². The third kappa shape index (κ3) is 2.70. The normalized spacial score (nSPS) is 47.8. The molecule has 0 aromatic heterocycles. The molecule has 0 saturated heterocycles. The van der Waals surface area contributed by atoms with Gasteiger partial charge in [0.1, 0.15) is 12.3 Å². The lowest BCUT2D eigenvalue weighted by Gasteiger charge is -2.38. The minimum Gasteiger partial charge on any atom is -0.247 e. The van der Waals surface area contributed by atoms with Gasteiger partial charge in [0.15, 0.2) is 0 Å². The van der Waals surface area contributed by atoms with E-state index in [2.05, 4.69) is 6.92 Å². The van der Waals surface area contributed by atoms with Gasteiger partial charge in [-0.15, -0.1) is 0 Å². The monoisotopic (exact) mass is 216 g/mol. The predicted molar refractivity (Wildman–Crippen MR) is 58.3 cm³/mol. The van der Waals surface area contributed by atoms with Crippen LogP contribution >= 0.6 is 0 Å². The Labute approximate surface area is 91.4 Å². The van der Waals surface area contributed by atoms with Crippen molar-refractivity contribution in [3.63, 3.8) is 0 Å². The van der Waals surface area contributed by atoms with Crippen LogP contribution in [0.1, 0.15) is 51.9 Å². The summed E-state index contributed by atoms with van der Waals surface area (Å²) in [5.74, 6) is 1.27. The molecule has 2 heteroatoms. The molecule has 88 valence electrons. The second-order valence-corrected chi connectivity index (χ2v) is 5.61. The van der Waals surface area contributed by atoms with Crippen LogP contribution in [0.2, 0.25) is 0 Å². The highest BCUT2D eigenvalue weighted by Gasteiger charge is 2.36. The maximum absolute atomic E-state index is 13.9. The summed E-state index contributed by atoms with van der Waals surface area (Å²) >= 11 is 0. The SMILES string of the molecule is CC1CCC(C2CCC(F)CC2)C(F)C1. The highest BCUT2D eigenvalue weighted by atomic mass is 19.1. The summed E-state index contributed by atoms with van der Waals surface area (Å²) in [5.41, 5.74) is 0. The van der Waals surface area contributed by atoms with E-state index in [-0.39, 0.29) is 5.92 Å². The van der Waals surface area contributed by atoms with Gasteiger partial charge in [-0.3, -0.25) is 0 Å². The first-order valence-corrected chi connectivity index (χ1v) is 6.45. The number of rotatable bonds is 1. The molecule has 2 saturated carbocycles. The maximum Gasteiger partial charge on any atom is 0.103 e. The standard InChI is InChI=1S/C13H22F2/c1-9-2-7-12(13(15)8-9)10-3-5-11(14)6-4-10/h9-13H,2-8H2,1H3. The molecule has 3 atom stereocenters. The van der Waals surface area contributed by atoms with Gasteiger partial charge in [-0.05, 0) is 56.3 Å². The van der Waals surface area contributed by atoms with E-state index >= 15 is 0 Å². The van der Waals surface area contributed by atoms with E-state index in [1.54, 1.807) is 0 Å². The number of halogens is 2. The fraction of sp³-hybridized carbons (Fsp3) is 1.00. The molecule has 0 heterocycles. The van der Waals surface area contributed by atoms with Crippen LogP contribution in [-0.2, 0) is 0 Å². The molecule has 15 heavy (non-hydrogen) atoms. The molecule has 0 radical (unpaired) electrons. The van der Waals surface area contributed by atoms with Gasteiger partial charge < -0.3 is 0 Å². The third-order valence-electron chi connectivity index (χ3n) is 4.39. The van der Waals surface area contributed by atoms with Gasteiger partial charge in [0.2, 0.25) is 0 Å². The van der Waals surface area contributed by atoms with Crippen LogP contribution in [0.5, 0.6) is 0 Å². The van der Waals surface area contributed by atoms with E-state index in [1.807, 2.05) is 0 Å². The first-order chi connectivity index (χ1) is 7.16. The summed E-state index contributed by atoms with van der Waals surface area (Å²) < 4.78 is 26.9. The molecule has 3 unspecified atom stereocenters. The Morgan fingerprint density at radius 1 is 0.867 bits per heavy atom. The van der Waals surface area contributed by atoms with Crippen LogP contribution < -0.4 is 0 Å². The van der Waals surface area contributed by atoms with Gasteiger partial charge in [0, 0.05) is 0 Å². The molecule has 0 bridgehead atoms. The molecule has 0 N–H and O–H groups in total. The van der Waals surface area contributed by atoms with Crippen LogP contribution in [0, 0.1) is 17.8 Å². The number of hydrogen-bond acceptors (Lipinski definition) is 0. The van der Waals surface area contributed by atoms with Gasteiger partial charge in [-0.2, -0.15) is 0 Å². The fourth-order valence-corrected chi connectivity index (χ4v) is 3.37. The van der Waals surface area contributed by atoms with Crippen molar-refractivity contribution >= 4 is 0 Å².